The molecule has 8 unspecified atom stereocenters. The summed E-state index contributed by atoms with van der Waals surface area (Å²) in [5.74, 6) is 3.50. The van der Waals surface area contributed by atoms with Crippen molar-refractivity contribution in [3.05, 3.63) is 11.6 Å². The number of nitrogens with zero attached hydrogens (tertiary/aromatic N) is 1. The minimum atomic E-state index is -0.117. The van der Waals surface area contributed by atoms with Crippen LogP contribution in [0.3, 0.4) is 0 Å². The van der Waals surface area contributed by atoms with Crippen LogP contribution in [0.2, 0.25) is 0 Å². The molecule has 0 radical (unpaired) electrons. The van der Waals surface area contributed by atoms with Crippen LogP contribution in [0, 0.1) is 34.5 Å². The molecule has 1 heterocycles. The average molecular weight is 372 g/mol. The molecule has 3 heteroatoms. The Kier molecular flexibility index (Phi) is 4.10. The van der Waals surface area contributed by atoms with Gasteiger partial charge in [-0.15, -0.1) is 0 Å². The highest BCUT2D eigenvalue weighted by Crippen LogP contribution is 2.68. The van der Waals surface area contributed by atoms with Crippen molar-refractivity contribution >= 4 is 5.97 Å². The van der Waals surface area contributed by atoms with E-state index in [1.165, 1.54) is 45.1 Å². The van der Waals surface area contributed by atoms with E-state index in [1.807, 2.05) is 0 Å². The Morgan fingerprint density at radius 2 is 1.93 bits per heavy atom. The average Bonchev–Trinajstić information content (AvgIpc) is 3.09. The smallest absolute Gasteiger partial charge is 0.302 e. The van der Waals surface area contributed by atoms with Gasteiger partial charge in [-0.2, -0.15) is 0 Å². The number of carbonyl (C=O) groups excluding carboxylic acids is 1. The summed E-state index contributed by atoms with van der Waals surface area (Å²) in [5, 5.41) is 0. The SMILES string of the molecule is CC(=O)OC1CCC2(C)C(=CCC3C2CCC24CN(C)C(C)C2CCC34)C1. The summed E-state index contributed by atoms with van der Waals surface area (Å²) < 4.78 is 5.58. The monoisotopic (exact) mass is 371 g/mol. The Hall–Kier alpha value is -0.830. The van der Waals surface area contributed by atoms with Gasteiger partial charge in [0, 0.05) is 25.9 Å². The minimum Gasteiger partial charge on any atom is -0.462 e. The predicted octanol–water partition coefficient (Wildman–Crippen LogP) is 4.81. The van der Waals surface area contributed by atoms with Gasteiger partial charge in [0.05, 0.1) is 0 Å². The minimum absolute atomic E-state index is 0.117. The number of allylic oxidation sites excluding steroid dienone is 1. The second-order valence-corrected chi connectivity index (χ2v) is 10.8. The van der Waals surface area contributed by atoms with Crippen LogP contribution in [0.1, 0.15) is 72.1 Å². The van der Waals surface area contributed by atoms with Crippen molar-refractivity contribution in [3.63, 3.8) is 0 Å². The summed E-state index contributed by atoms with van der Waals surface area (Å²) >= 11 is 0. The van der Waals surface area contributed by atoms with E-state index < -0.39 is 0 Å². The number of likely N-dealkylation sites (tertiary alicyclic amines) is 1. The number of carbonyl (C=O) groups is 1. The summed E-state index contributed by atoms with van der Waals surface area (Å²) in [7, 11) is 2.36. The Morgan fingerprint density at radius 1 is 1.15 bits per heavy atom. The fourth-order valence-corrected chi connectivity index (χ4v) is 8.76. The largest absolute Gasteiger partial charge is 0.462 e. The van der Waals surface area contributed by atoms with E-state index in [1.54, 1.807) is 12.5 Å². The molecule has 4 fully saturated rings. The molecule has 5 aliphatic rings. The van der Waals surface area contributed by atoms with Crippen molar-refractivity contribution in [1.82, 2.24) is 4.90 Å². The molecule has 150 valence electrons. The van der Waals surface area contributed by atoms with Crippen molar-refractivity contribution in [3.8, 4) is 0 Å². The number of ether oxygens (including phenoxy) is 1. The van der Waals surface area contributed by atoms with Crippen LogP contribution in [0.25, 0.3) is 0 Å². The molecule has 5 rings (SSSR count). The summed E-state index contributed by atoms with van der Waals surface area (Å²) in [4.78, 5) is 14.1. The Bertz CT molecular complexity index is 671. The van der Waals surface area contributed by atoms with Crippen LogP contribution in [-0.4, -0.2) is 36.6 Å². The first-order valence-electron chi connectivity index (χ1n) is 11.4. The third-order valence-electron chi connectivity index (χ3n) is 10.00. The molecule has 3 nitrogen and oxygen atoms in total. The molecule has 3 saturated carbocycles. The zero-order valence-corrected chi connectivity index (χ0v) is 17.7. The zero-order valence-electron chi connectivity index (χ0n) is 17.7. The van der Waals surface area contributed by atoms with E-state index in [9.17, 15) is 4.79 Å². The normalized spacial score (nSPS) is 51.6. The highest BCUT2D eigenvalue weighted by atomic mass is 16.5. The highest BCUT2D eigenvalue weighted by molar-refractivity contribution is 5.66. The standard InChI is InChI=1S/C24H37NO2/c1-15-20-7-8-22-19-6-5-17-13-18(27-16(2)26)9-11-23(17,3)21(19)10-12-24(20,22)14-25(15)4/h5,15,18-22H,6-14H2,1-4H3. The lowest BCUT2D eigenvalue weighted by atomic mass is 9.47. The van der Waals surface area contributed by atoms with Gasteiger partial charge in [0.25, 0.3) is 0 Å². The molecule has 27 heavy (non-hydrogen) atoms. The van der Waals surface area contributed by atoms with Gasteiger partial charge in [0.15, 0.2) is 0 Å². The lowest BCUT2D eigenvalue weighted by molar-refractivity contribution is -0.148. The lowest BCUT2D eigenvalue weighted by Gasteiger charge is -2.58. The lowest BCUT2D eigenvalue weighted by Crippen LogP contribution is -2.51. The van der Waals surface area contributed by atoms with Crippen LogP contribution in [0.4, 0.5) is 0 Å². The van der Waals surface area contributed by atoms with Gasteiger partial charge in [-0.05, 0) is 93.4 Å². The van der Waals surface area contributed by atoms with Gasteiger partial charge >= 0.3 is 5.97 Å². The maximum absolute atomic E-state index is 11.4. The van der Waals surface area contributed by atoms with E-state index >= 15 is 0 Å². The van der Waals surface area contributed by atoms with Crippen LogP contribution in [-0.2, 0) is 9.53 Å². The predicted molar refractivity (Wildman–Crippen MR) is 107 cm³/mol. The van der Waals surface area contributed by atoms with Gasteiger partial charge in [-0.3, -0.25) is 4.79 Å². The molecule has 1 aliphatic heterocycles. The second kappa shape index (κ2) is 6.08. The van der Waals surface area contributed by atoms with E-state index in [2.05, 4.69) is 31.9 Å². The number of hydrogen-bond acceptors (Lipinski definition) is 3. The number of esters is 1. The molecule has 0 aromatic heterocycles. The van der Waals surface area contributed by atoms with Crippen molar-refractivity contribution in [2.45, 2.75) is 84.3 Å². The summed E-state index contributed by atoms with van der Waals surface area (Å²) in [6, 6.07) is 0.774. The van der Waals surface area contributed by atoms with Gasteiger partial charge in [0.2, 0.25) is 0 Å². The Morgan fingerprint density at radius 3 is 2.70 bits per heavy atom. The molecular formula is C24H37NO2. The molecule has 1 saturated heterocycles. The van der Waals surface area contributed by atoms with Gasteiger partial charge < -0.3 is 9.64 Å². The molecule has 4 aliphatic carbocycles. The topological polar surface area (TPSA) is 29.5 Å². The quantitative estimate of drug-likeness (QED) is 0.489. The third-order valence-corrected chi connectivity index (χ3v) is 10.00. The molecular weight excluding hydrogens is 334 g/mol. The first-order valence-corrected chi connectivity index (χ1v) is 11.4. The van der Waals surface area contributed by atoms with Crippen molar-refractivity contribution in [1.29, 1.82) is 0 Å². The summed E-state index contributed by atoms with van der Waals surface area (Å²) in [6.07, 6.45) is 13.0. The third kappa shape index (κ3) is 2.46. The molecule has 0 N–H and O–H groups in total. The highest BCUT2D eigenvalue weighted by Gasteiger charge is 2.63. The van der Waals surface area contributed by atoms with Crippen LogP contribution >= 0.6 is 0 Å². The van der Waals surface area contributed by atoms with E-state index in [4.69, 9.17) is 4.74 Å². The molecule has 0 amide bonds. The molecule has 0 aromatic rings. The number of hydrogen-bond donors (Lipinski definition) is 0. The second-order valence-electron chi connectivity index (χ2n) is 10.8. The van der Waals surface area contributed by atoms with E-state index in [-0.39, 0.29) is 12.1 Å². The van der Waals surface area contributed by atoms with Crippen LogP contribution < -0.4 is 0 Å². The molecule has 8 atom stereocenters. The first kappa shape index (κ1) is 18.2. The zero-order chi connectivity index (χ0) is 19.0. The van der Waals surface area contributed by atoms with Gasteiger partial charge in [0.1, 0.15) is 6.10 Å². The molecule has 0 aromatic carbocycles. The van der Waals surface area contributed by atoms with Crippen molar-refractivity contribution < 1.29 is 9.53 Å². The fraction of sp³-hybridized carbons (Fsp3) is 0.875. The Labute approximate surface area is 164 Å². The van der Waals surface area contributed by atoms with Crippen molar-refractivity contribution in [2.75, 3.05) is 13.6 Å². The van der Waals surface area contributed by atoms with Crippen molar-refractivity contribution in [2.24, 2.45) is 34.5 Å². The molecule has 0 bridgehead atoms. The van der Waals surface area contributed by atoms with Crippen LogP contribution in [0.15, 0.2) is 11.6 Å². The van der Waals surface area contributed by atoms with E-state index in [0.29, 0.717) is 10.8 Å². The molecule has 1 spiro atoms. The maximum atomic E-state index is 11.4. The maximum Gasteiger partial charge on any atom is 0.302 e. The van der Waals surface area contributed by atoms with Gasteiger partial charge in [-0.1, -0.05) is 18.6 Å². The Balaban J connectivity index is 1.42. The van der Waals surface area contributed by atoms with Crippen LogP contribution in [0.5, 0.6) is 0 Å². The number of fused-ring (bicyclic) bond motifs is 4. The first-order chi connectivity index (χ1) is 12.8. The number of rotatable bonds is 1. The summed E-state index contributed by atoms with van der Waals surface area (Å²) in [5.41, 5.74) is 2.59. The van der Waals surface area contributed by atoms with Gasteiger partial charge in [-0.25, -0.2) is 0 Å². The van der Waals surface area contributed by atoms with E-state index in [0.717, 1.165) is 42.6 Å². The fourth-order valence-electron chi connectivity index (χ4n) is 8.76. The summed E-state index contributed by atoms with van der Waals surface area (Å²) in [6.45, 7) is 7.92.